The van der Waals surface area contributed by atoms with Crippen LogP contribution in [-0.2, 0) is 20.2 Å². The predicted octanol–water partition coefficient (Wildman–Crippen LogP) is 4.55. The van der Waals surface area contributed by atoms with Crippen LogP contribution in [0.2, 0.25) is 0 Å². The molecule has 4 heterocycles. The third-order valence-electron chi connectivity index (χ3n) is 7.70. The Morgan fingerprint density at radius 3 is 2.67 bits per heavy atom. The maximum atomic E-state index is 13.0. The molecule has 2 aromatic carbocycles. The minimum atomic E-state index is -0.315. The number of nitrogens with zero attached hydrogens (tertiary/aromatic N) is 6. The van der Waals surface area contributed by atoms with Crippen LogP contribution in [-0.4, -0.2) is 44.9 Å². The second-order valence-corrected chi connectivity index (χ2v) is 10.3. The minimum absolute atomic E-state index is 0.202. The van der Waals surface area contributed by atoms with E-state index in [0.717, 1.165) is 41.8 Å². The van der Waals surface area contributed by atoms with E-state index >= 15 is 0 Å². The van der Waals surface area contributed by atoms with Crippen LogP contribution in [0.1, 0.15) is 46.2 Å². The number of aliphatic hydroxyl groups is 1. The van der Waals surface area contributed by atoms with Gasteiger partial charge in [0, 0.05) is 25.4 Å². The van der Waals surface area contributed by atoms with Gasteiger partial charge in [-0.3, -0.25) is 4.79 Å². The number of hydrogen-bond acceptors (Lipinski definition) is 8. The Bertz CT molecular complexity index is 1600. The highest BCUT2D eigenvalue weighted by molar-refractivity contribution is 5.70. The molecule has 0 aliphatic carbocycles. The summed E-state index contributed by atoms with van der Waals surface area (Å²) in [5, 5.41) is 27.1. The van der Waals surface area contributed by atoms with Gasteiger partial charge < -0.3 is 15.3 Å². The number of aliphatic hydroxyl groups excluding tert-OH is 1. The van der Waals surface area contributed by atoms with Gasteiger partial charge in [-0.2, -0.15) is 15.3 Å². The Labute approximate surface area is 226 Å². The number of fused-ring (bicyclic) bond motifs is 1. The number of anilines is 2. The summed E-state index contributed by atoms with van der Waals surface area (Å²) in [5.41, 5.74) is 6.38. The molecule has 6 rings (SSSR count). The number of likely N-dealkylation sites (N-methyl/N-ethyl adjacent to an activating group) is 1. The minimum Gasteiger partial charge on any atom is -0.392 e. The molecule has 2 aliphatic heterocycles. The number of pyridine rings is 1. The lowest BCUT2D eigenvalue weighted by Crippen LogP contribution is -2.23. The van der Waals surface area contributed by atoms with Crippen molar-refractivity contribution >= 4 is 11.5 Å². The van der Waals surface area contributed by atoms with Crippen LogP contribution in [0.5, 0.6) is 0 Å². The van der Waals surface area contributed by atoms with E-state index in [2.05, 4.69) is 55.8 Å². The first-order valence-corrected chi connectivity index (χ1v) is 13.2. The third-order valence-corrected chi connectivity index (χ3v) is 7.70. The SMILES string of the molecule is CN1CC[C@H](c2ccc(Nc3cc(-c4cccc(C5N=NCc6ccccc65)c4CO)nn(C)c3=O)nc2)C1. The standard InChI is InChI=1S/C30H31N7O2/c1-36-13-12-21(17-36)19-10-11-28(31-15-19)33-27-14-26(35-37(2)30(27)39)23-8-5-9-24(25(23)18-38)29-22-7-4-3-6-20(22)16-32-34-29/h3-11,14-15,21,29,38H,12-13,16-18H2,1-2H3,(H,31,33)/t21-,29?/m0/s1. The van der Waals surface area contributed by atoms with E-state index in [1.165, 1.54) is 10.2 Å². The van der Waals surface area contributed by atoms with Gasteiger partial charge in [0.05, 0.1) is 18.8 Å². The van der Waals surface area contributed by atoms with Gasteiger partial charge in [-0.15, -0.1) is 0 Å². The molecule has 39 heavy (non-hydrogen) atoms. The highest BCUT2D eigenvalue weighted by Crippen LogP contribution is 2.38. The molecule has 9 nitrogen and oxygen atoms in total. The number of aromatic nitrogens is 3. The monoisotopic (exact) mass is 521 g/mol. The molecule has 1 saturated heterocycles. The van der Waals surface area contributed by atoms with Crippen LogP contribution < -0.4 is 10.9 Å². The zero-order chi connectivity index (χ0) is 26.9. The lowest BCUT2D eigenvalue weighted by molar-refractivity contribution is 0.280. The van der Waals surface area contributed by atoms with Gasteiger partial charge in [-0.1, -0.05) is 48.5 Å². The zero-order valence-electron chi connectivity index (χ0n) is 22.1. The van der Waals surface area contributed by atoms with E-state index in [0.29, 0.717) is 35.2 Å². The summed E-state index contributed by atoms with van der Waals surface area (Å²) in [5.74, 6) is 1.08. The van der Waals surface area contributed by atoms with Gasteiger partial charge in [0.1, 0.15) is 17.5 Å². The first-order valence-electron chi connectivity index (χ1n) is 13.2. The summed E-state index contributed by atoms with van der Waals surface area (Å²) in [7, 11) is 3.76. The highest BCUT2D eigenvalue weighted by atomic mass is 16.3. The molecule has 198 valence electrons. The molecule has 0 bridgehead atoms. The number of azo groups is 1. The predicted molar refractivity (Wildman–Crippen MR) is 150 cm³/mol. The molecular weight excluding hydrogens is 490 g/mol. The van der Waals surface area contributed by atoms with Crippen molar-refractivity contribution in [1.82, 2.24) is 19.7 Å². The fraction of sp³-hybridized carbons (Fsp3) is 0.300. The van der Waals surface area contributed by atoms with E-state index < -0.39 is 0 Å². The highest BCUT2D eigenvalue weighted by Gasteiger charge is 2.25. The Morgan fingerprint density at radius 1 is 1.05 bits per heavy atom. The van der Waals surface area contributed by atoms with Gasteiger partial charge in [-0.05, 0) is 65.9 Å². The fourth-order valence-electron chi connectivity index (χ4n) is 5.61. The van der Waals surface area contributed by atoms with Crippen LogP contribution in [0.25, 0.3) is 11.3 Å². The summed E-state index contributed by atoms with van der Waals surface area (Å²) in [6, 6.07) is 19.3. The maximum Gasteiger partial charge on any atom is 0.290 e. The summed E-state index contributed by atoms with van der Waals surface area (Å²) in [6.07, 6.45) is 3.02. The van der Waals surface area contributed by atoms with Crippen LogP contribution in [0.3, 0.4) is 0 Å². The Hall–Kier alpha value is -4.21. The second-order valence-electron chi connectivity index (χ2n) is 10.3. The summed E-state index contributed by atoms with van der Waals surface area (Å²) < 4.78 is 1.31. The molecule has 0 saturated carbocycles. The number of nitrogens with one attached hydrogen (secondary N) is 1. The van der Waals surface area contributed by atoms with Crippen molar-refractivity contribution < 1.29 is 5.11 Å². The Balaban J connectivity index is 1.34. The van der Waals surface area contributed by atoms with Crippen molar-refractivity contribution in [3.05, 3.63) is 105 Å². The second kappa shape index (κ2) is 10.5. The van der Waals surface area contributed by atoms with Crippen LogP contribution in [0.15, 0.2) is 81.9 Å². The molecule has 2 aromatic heterocycles. The number of hydrogen-bond donors (Lipinski definition) is 2. The van der Waals surface area contributed by atoms with E-state index in [1.807, 2.05) is 42.6 Å². The van der Waals surface area contributed by atoms with E-state index in [-0.39, 0.29) is 18.2 Å². The Kier molecular flexibility index (Phi) is 6.76. The number of rotatable bonds is 6. The molecule has 0 radical (unpaired) electrons. The van der Waals surface area contributed by atoms with Crippen molar-refractivity contribution in [2.24, 2.45) is 17.3 Å². The van der Waals surface area contributed by atoms with E-state index in [9.17, 15) is 9.90 Å². The lowest BCUT2D eigenvalue weighted by atomic mass is 9.88. The summed E-state index contributed by atoms with van der Waals surface area (Å²) in [4.78, 5) is 19.9. The van der Waals surface area contributed by atoms with Crippen molar-refractivity contribution in [2.45, 2.75) is 31.5 Å². The molecule has 1 fully saturated rings. The first kappa shape index (κ1) is 25.1. The number of aryl methyl sites for hydroxylation is 1. The molecule has 2 atom stereocenters. The zero-order valence-corrected chi connectivity index (χ0v) is 22.1. The number of benzene rings is 2. The molecule has 4 aromatic rings. The molecule has 2 aliphatic rings. The third kappa shape index (κ3) is 4.86. The van der Waals surface area contributed by atoms with E-state index in [1.54, 1.807) is 13.1 Å². The van der Waals surface area contributed by atoms with Crippen LogP contribution in [0, 0.1) is 0 Å². The smallest absolute Gasteiger partial charge is 0.290 e. The maximum absolute atomic E-state index is 13.0. The fourth-order valence-corrected chi connectivity index (χ4v) is 5.61. The Morgan fingerprint density at radius 2 is 1.90 bits per heavy atom. The van der Waals surface area contributed by atoms with Crippen LogP contribution in [0.4, 0.5) is 11.5 Å². The van der Waals surface area contributed by atoms with Gasteiger partial charge in [0.25, 0.3) is 5.56 Å². The molecule has 0 spiro atoms. The van der Waals surface area contributed by atoms with Crippen molar-refractivity contribution in [1.29, 1.82) is 0 Å². The van der Waals surface area contributed by atoms with Crippen molar-refractivity contribution in [2.75, 3.05) is 25.5 Å². The van der Waals surface area contributed by atoms with Crippen molar-refractivity contribution in [3.63, 3.8) is 0 Å². The van der Waals surface area contributed by atoms with E-state index in [4.69, 9.17) is 0 Å². The summed E-state index contributed by atoms with van der Waals surface area (Å²) >= 11 is 0. The van der Waals surface area contributed by atoms with Crippen LogP contribution >= 0.6 is 0 Å². The van der Waals surface area contributed by atoms with Crippen molar-refractivity contribution in [3.8, 4) is 11.3 Å². The molecule has 1 unspecified atom stereocenters. The average molecular weight is 522 g/mol. The molecule has 9 heteroatoms. The normalized spacial score (nSPS) is 18.7. The van der Waals surface area contributed by atoms with Gasteiger partial charge in [0.15, 0.2) is 0 Å². The quantitative estimate of drug-likeness (QED) is 0.385. The molecule has 2 N–H and O–H groups in total. The summed E-state index contributed by atoms with van der Waals surface area (Å²) in [6.45, 7) is 2.47. The lowest BCUT2D eigenvalue weighted by Gasteiger charge is -2.23. The average Bonchev–Trinajstić information content (AvgIpc) is 3.41. The van der Waals surface area contributed by atoms with Gasteiger partial charge in [-0.25, -0.2) is 9.67 Å². The number of likely N-dealkylation sites (tertiary alicyclic amines) is 1. The van der Waals surface area contributed by atoms with Gasteiger partial charge in [0.2, 0.25) is 0 Å². The topological polar surface area (TPSA) is 108 Å². The molecular formula is C30H31N7O2. The first-order chi connectivity index (χ1) is 19.0. The van der Waals surface area contributed by atoms with Gasteiger partial charge >= 0.3 is 0 Å². The largest absolute Gasteiger partial charge is 0.392 e. The molecule has 0 amide bonds.